The fourth-order valence-corrected chi connectivity index (χ4v) is 4.02. The van der Waals surface area contributed by atoms with E-state index in [1.54, 1.807) is 15.8 Å². The summed E-state index contributed by atoms with van der Waals surface area (Å²) in [6, 6.07) is -0.495. The highest BCUT2D eigenvalue weighted by Gasteiger charge is 2.47. The van der Waals surface area contributed by atoms with Crippen molar-refractivity contribution >= 4 is 11.9 Å². The Balaban J connectivity index is 1.69. The number of rotatable bonds is 4. The number of amides is 1. The van der Waals surface area contributed by atoms with E-state index in [-0.39, 0.29) is 11.9 Å². The van der Waals surface area contributed by atoms with Gasteiger partial charge in [-0.05, 0) is 37.2 Å². The van der Waals surface area contributed by atoms with Gasteiger partial charge in [0.05, 0.1) is 6.20 Å². The van der Waals surface area contributed by atoms with Gasteiger partial charge in [0.25, 0.3) is 0 Å². The molecule has 1 amide bonds. The smallest absolute Gasteiger partial charge is 0.326 e. The Hall–Kier alpha value is -1.85. The van der Waals surface area contributed by atoms with E-state index in [4.69, 9.17) is 0 Å². The van der Waals surface area contributed by atoms with Gasteiger partial charge in [0.15, 0.2) is 0 Å². The molecule has 0 aromatic carbocycles. The third-order valence-electron chi connectivity index (χ3n) is 5.05. The number of fused-ring (bicyclic) bond motifs is 1. The first kappa shape index (κ1) is 15.1. The molecule has 1 saturated carbocycles. The summed E-state index contributed by atoms with van der Waals surface area (Å²) < 4.78 is 1.72. The standard InChI is InChI=1S/C16H23N3O3/c1-18-10-11(9-17-18)6-7-15(20)19-13-5-3-2-4-12(13)8-14(19)16(21)22/h9-10,12-14H,2-8H2,1H3,(H,21,22)/t12-,13+,14+/m1/s1. The topological polar surface area (TPSA) is 75.4 Å². The maximum atomic E-state index is 12.6. The molecule has 6 nitrogen and oxygen atoms in total. The first-order valence-corrected chi connectivity index (χ1v) is 8.07. The molecule has 1 saturated heterocycles. The van der Waals surface area contributed by atoms with Crippen LogP contribution in [0.15, 0.2) is 12.4 Å². The van der Waals surface area contributed by atoms with Gasteiger partial charge in [-0.1, -0.05) is 12.8 Å². The Kier molecular flexibility index (Phi) is 4.18. The van der Waals surface area contributed by atoms with E-state index in [0.29, 0.717) is 25.2 Å². The highest BCUT2D eigenvalue weighted by molar-refractivity contribution is 5.85. The van der Waals surface area contributed by atoms with Crippen LogP contribution in [0.5, 0.6) is 0 Å². The molecule has 2 fully saturated rings. The van der Waals surface area contributed by atoms with Crippen LogP contribution in [-0.2, 0) is 23.1 Å². The molecular formula is C16H23N3O3. The van der Waals surface area contributed by atoms with Crippen molar-refractivity contribution in [2.45, 2.75) is 57.0 Å². The number of hydrogen-bond acceptors (Lipinski definition) is 3. The number of aliphatic carboxylic acids is 1. The van der Waals surface area contributed by atoms with Gasteiger partial charge in [0.2, 0.25) is 5.91 Å². The molecule has 0 radical (unpaired) electrons. The van der Waals surface area contributed by atoms with Crippen LogP contribution >= 0.6 is 0 Å². The van der Waals surface area contributed by atoms with Gasteiger partial charge in [-0.3, -0.25) is 9.48 Å². The van der Waals surface area contributed by atoms with E-state index in [9.17, 15) is 14.7 Å². The number of aromatic nitrogens is 2. The number of carbonyl (C=O) groups excluding carboxylic acids is 1. The maximum Gasteiger partial charge on any atom is 0.326 e. The van der Waals surface area contributed by atoms with E-state index in [1.807, 2.05) is 13.2 Å². The van der Waals surface area contributed by atoms with Gasteiger partial charge in [-0.2, -0.15) is 5.10 Å². The fourth-order valence-electron chi connectivity index (χ4n) is 4.02. The van der Waals surface area contributed by atoms with Gasteiger partial charge < -0.3 is 10.0 Å². The maximum absolute atomic E-state index is 12.6. The molecule has 0 spiro atoms. The lowest BCUT2D eigenvalue weighted by atomic mass is 9.84. The van der Waals surface area contributed by atoms with E-state index in [2.05, 4.69) is 5.10 Å². The van der Waals surface area contributed by atoms with E-state index < -0.39 is 12.0 Å². The van der Waals surface area contributed by atoms with Gasteiger partial charge in [-0.15, -0.1) is 0 Å². The van der Waals surface area contributed by atoms with Crippen LogP contribution in [0.25, 0.3) is 0 Å². The van der Waals surface area contributed by atoms with Crippen LogP contribution in [0, 0.1) is 5.92 Å². The molecule has 120 valence electrons. The Morgan fingerprint density at radius 3 is 2.82 bits per heavy atom. The summed E-state index contributed by atoms with van der Waals surface area (Å²) in [7, 11) is 1.85. The largest absolute Gasteiger partial charge is 0.480 e. The van der Waals surface area contributed by atoms with Crippen LogP contribution in [-0.4, -0.2) is 43.7 Å². The van der Waals surface area contributed by atoms with Gasteiger partial charge >= 0.3 is 5.97 Å². The predicted octanol–water partition coefficient (Wildman–Crippen LogP) is 1.60. The Morgan fingerprint density at radius 1 is 1.36 bits per heavy atom. The second-order valence-electron chi connectivity index (χ2n) is 6.52. The molecular weight excluding hydrogens is 282 g/mol. The summed E-state index contributed by atoms with van der Waals surface area (Å²) in [6.07, 6.45) is 9.52. The second kappa shape index (κ2) is 6.10. The lowest BCUT2D eigenvalue weighted by Crippen LogP contribution is -2.46. The average Bonchev–Trinajstić information content (AvgIpc) is 3.08. The summed E-state index contributed by atoms with van der Waals surface area (Å²) in [5, 5.41) is 13.6. The minimum absolute atomic E-state index is 0.0225. The van der Waals surface area contributed by atoms with Crippen molar-refractivity contribution < 1.29 is 14.7 Å². The lowest BCUT2D eigenvalue weighted by Gasteiger charge is -2.33. The molecule has 1 aliphatic carbocycles. The summed E-state index contributed by atoms with van der Waals surface area (Å²) in [6.45, 7) is 0. The molecule has 2 aliphatic rings. The van der Waals surface area contributed by atoms with Crippen molar-refractivity contribution in [1.82, 2.24) is 14.7 Å². The van der Waals surface area contributed by atoms with Crippen LogP contribution < -0.4 is 0 Å². The molecule has 0 unspecified atom stereocenters. The Labute approximate surface area is 130 Å². The number of aryl methyl sites for hydroxylation is 2. The zero-order valence-electron chi connectivity index (χ0n) is 12.9. The van der Waals surface area contributed by atoms with E-state index >= 15 is 0 Å². The minimum atomic E-state index is -0.857. The summed E-state index contributed by atoms with van der Waals surface area (Å²) >= 11 is 0. The normalized spacial score (nSPS) is 27.7. The van der Waals surface area contributed by atoms with Crippen molar-refractivity contribution in [3.05, 3.63) is 18.0 Å². The van der Waals surface area contributed by atoms with Crippen molar-refractivity contribution in [2.24, 2.45) is 13.0 Å². The molecule has 22 heavy (non-hydrogen) atoms. The number of likely N-dealkylation sites (tertiary alicyclic amines) is 1. The monoisotopic (exact) mass is 305 g/mol. The first-order chi connectivity index (χ1) is 10.6. The molecule has 1 aromatic heterocycles. The van der Waals surface area contributed by atoms with Gasteiger partial charge in [0.1, 0.15) is 6.04 Å². The van der Waals surface area contributed by atoms with Crippen LogP contribution in [0.3, 0.4) is 0 Å². The quantitative estimate of drug-likeness (QED) is 0.916. The first-order valence-electron chi connectivity index (χ1n) is 8.07. The molecule has 3 rings (SSSR count). The fraction of sp³-hybridized carbons (Fsp3) is 0.688. The van der Waals surface area contributed by atoms with Gasteiger partial charge in [-0.25, -0.2) is 4.79 Å². The van der Waals surface area contributed by atoms with Crippen molar-refractivity contribution in [3.8, 4) is 0 Å². The second-order valence-corrected chi connectivity index (χ2v) is 6.52. The molecule has 1 aromatic rings. The van der Waals surface area contributed by atoms with Crippen LogP contribution in [0.1, 0.15) is 44.1 Å². The number of carbonyl (C=O) groups is 2. The third kappa shape index (κ3) is 2.87. The zero-order valence-corrected chi connectivity index (χ0v) is 12.9. The molecule has 0 bridgehead atoms. The zero-order chi connectivity index (χ0) is 15.7. The number of carboxylic acid groups (broad SMARTS) is 1. The van der Waals surface area contributed by atoms with Crippen molar-refractivity contribution in [1.29, 1.82) is 0 Å². The number of carboxylic acids is 1. The SMILES string of the molecule is Cn1cc(CCC(=O)N2[C@H](C(=O)O)C[C@H]3CCCC[C@@H]32)cn1. The van der Waals surface area contributed by atoms with Gasteiger partial charge in [0, 0.05) is 25.7 Å². The molecule has 1 aliphatic heterocycles. The highest BCUT2D eigenvalue weighted by atomic mass is 16.4. The minimum Gasteiger partial charge on any atom is -0.480 e. The van der Waals surface area contributed by atoms with E-state index in [0.717, 1.165) is 31.2 Å². The molecule has 2 heterocycles. The van der Waals surface area contributed by atoms with E-state index in [1.165, 1.54) is 0 Å². The predicted molar refractivity (Wildman–Crippen MR) is 80.2 cm³/mol. The summed E-state index contributed by atoms with van der Waals surface area (Å²) in [5.74, 6) is -0.507. The average molecular weight is 305 g/mol. The molecule has 3 atom stereocenters. The lowest BCUT2D eigenvalue weighted by molar-refractivity contribution is -0.149. The Morgan fingerprint density at radius 2 is 2.14 bits per heavy atom. The highest BCUT2D eigenvalue weighted by Crippen LogP contribution is 2.40. The molecule has 1 N–H and O–H groups in total. The number of nitrogens with zero attached hydrogens (tertiary/aromatic N) is 3. The summed E-state index contributed by atoms with van der Waals surface area (Å²) in [5.41, 5.74) is 1.02. The van der Waals surface area contributed by atoms with Crippen LogP contribution in [0.2, 0.25) is 0 Å². The van der Waals surface area contributed by atoms with Crippen molar-refractivity contribution in [3.63, 3.8) is 0 Å². The summed E-state index contributed by atoms with van der Waals surface area (Å²) in [4.78, 5) is 25.8. The van der Waals surface area contributed by atoms with Crippen LogP contribution in [0.4, 0.5) is 0 Å². The third-order valence-corrected chi connectivity index (χ3v) is 5.05. The Bertz CT molecular complexity index is 569. The van der Waals surface area contributed by atoms with Crippen molar-refractivity contribution in [2.75, 3.05) is 0 Å². The number of hydrogen-bond donors (Lipinski definition) is 1. The molecule has 6 heteroatoms.